The molecule has 0 nitrogen and oxygen atoms in total. The monoisotopic (exact) mass is 200 g/mol. The Balaban J connectivity index is 2.89. The Labute approximate surface area is 82.8 Å². The molecule has 0 bridgehead atoms. The third-order valence-corrected chi connectivity index (χ3v) is 2.05. The lowest BCUT2D eigenvalue weighted by molar-refractivity contribution is 1.38. The van der Waals surface area contributed by atoms with Gasteiger partial charge >= 0.3 is 0 Å². The minimum absolute atomic E-state index is 0.538. The zero-order valence-electron chi connectivity index (χ0n) is 6.63. The molecule has 12 heavy (non-hydrogen) atoms. The zero-order chi connectivity index (χ0) is 8.81. The molecule has 0 radical (unpaired) electrons. The molecule has 0 aliphatic heterocycles. The Bertz CT molecular complexity index is 266. The molecule has 0 fully saturated rings. The minimum atomic E-state index is 0.538. The molecule has 2 heteroatoms. The van der Waals surface area contributed by atoms with Crippen molar-refractivity contribution in [2.75, 3.05) is 5.88 Å². The summed E-state index contributed by atoms with van der Waals surface area (Å²) >= 11 is 11.3. The van der Waals surface area contributed by atoms with Gasteiger partial charge < -0.3 is 0 Å². The smallest absolute Gasteiger partial charge is 0.0479 e. The summed E-state index contributed by atoms with van der Waals surface area (Å²) in [7, 11) is 0. The highest BCUT2D eigenvalue weighted by Crippen LogP contribution is 2.12. The number of hydrogen-bond acceptors (Lipinski definition) is 0. The molecule has 0 heterocycles. The minimum Gasteiger partial charge on any atom is -0.122 e. The standard InChI is InChI=1S/C10H10Cl2/c11-7-3-6-9-4-1-2-5-10(9)8-12/h1-6H,7-8H2. The van der Waals surface area contributed by atoms with Gasteiger partial charge in [0.2, 0.25) is 0 Å². The Hall–Kier alpha value is -0.460. The van der Waals surface area contributed by atoms with Crippen molar-refractivity contribution in [1.29, 1.82) is 0 Å². The van der Waals surface area contributed by atoms with Crippen LogP contribution in [0.25, 0.3) is 6.08 Å². The first-order chi connectivity index (χ1) is 5.88. The van der Waals surface area contributed by atoms with Gasteiger partial charge in [0, 0.05) is 11.8 Å². The topological polar surface area (TPSA) is 0 Å². The first-order valence-corrected chi connectivity index (χ1v) is 4.81. The number of halogens is 2. The Kier molecular flexibility index (Phi) is 4.20. The molecule has 1 aromatic rings. The Morgan fingerprint density at radius 1 is 1.17 bits per heavy atom. The Morgan fingerprint density at radius 3 is 2.58 bits per heavy atom. The van der Waals surface area contributed by atoms with E-state index in [1.54, 1.807) is 0 Å². The zero-order valence-corrected chi connectivity index (χ0v) is 8.15. The van der Waals surface area contributed by atoms with E-state index in [-0.39, 0.29) is 0 Å². The van der Waals surface area contributed by atoms with Crippen LogP contribution in [-0.2, 0) is 5.88 Å². The fraction of sp³-hybridized carbons (Fsp3) is 0.200. The van der Waals surface area contributed by atoms with Gasteiger partial charge in [0.15, 0.2) is 0 Å². The van der Waals surface area contributed by atoms with Crippen molar-refractivity contribution >= 4 is 29.3 Å². The maximum absolute atomic E-state index is 5.74. The van der Waals surface area contributed by atoms with Gasteiger partial charge in [-0.15, -0.1) is 23.2 Å². The van der Waals surface area contributed by atoms with Crippen LogP contribution in [0.15, 0.2) is 30.3 Å². The van der Waals surface area contributed by atoms with Crippen molar-refractivity contribution in [3.05, 3.63) is 41.5 Å². The number of allylic oxidation sites excluding steroid dienone is 1. The van der Waals surface area contributed by atoms with Crippen LogP contribution in [0.4, 0.5) is 0 Å². The van der Waals surface area contributed by atoms with E-state index in [1.807, 2.05) is 36.4 Å². The normalized spacial score (nSPS) is 10.8. The van der Waals surface area contributed by atoms with E-state index in [1.165, 1.54) is 0 Å². The lowest BCUT2D eigenvalue weighted by atomic mass is 10.1. The van der Waals surface area contributed by atoms with Crippen molar-refractivity contribution in [1.82, 2.24) is 0 Å². The van der Waals surface area contributed by atoms with Crippen LogP contribution >= 0.6 is 23.2 Å². The third kappa shape index (κ3) is 2.54. The molecule has 0 atom stereocenters. The van der Waals surface area contributed by atoms with E-state index >= 15 is 0 Å². The highest BCUT2D eigenvalue weighted by Gasteiger charge is 1.94. The van der Waals surface area contributed by atoms with Crippen LogP contribution in [0.5, 0.6) is 0 Å². The quantitative estimate of drug-likeness (QED) is 0.654. The Morgan fingerprint density at radius 2 is 1.92 bits per heavy atom. The van der Waals surface area contributed by atoms with Gasteiger partial charge in [-0.2, -0.15) is 0 Å². The van der Waals surface area contributed by atoms with Crippen LogP contribution in [0.1, 0.15) is 11.1 Å². The predicted molar refractivity (Wildman–Crippen MR) is 55.8 cm³/mol. The lowest BCUT2D eigenvalue weighted by Gasteiger charge is -1.99. The van der Waals surface area contributed by atoms with Crippen molar-refractivity contribution < 1.29 is 0 Å². The largest absolute Gasteiger partial charge is 0.122 e. The van der Waals surface area contributed by atoms with E-state index < -0.39 is 0 Å². The van der Waals surface area contributed by atoms with Crippen molar-refractivity contribution in [2.45, 2.75) is 5.88 Å². The molecule has 0 saturated carbocycles. The molecular weight excluding hydrogens is 191 g/mol. The maximum Gasteiger partial charge on any atom is 0.0479 e. The van der Waals surface area contributed by atoms with E-state index in [4.69, 9.17) is 23.2 Å². The van der Waals surface area contributed by atoms with Crippen molar-refractivity contribution in [3.8, 4) is 0 Å². The molecule has 1 aromatic carbocycles. The van der Waals surface area contributed by atoms with Crippen LogP contribution in [-0.4, -0.2) is 5.88 Å². The van der Waals surface area contributed by atoms with Crippen LogP contribution < -0.4 is 0 Å². The second-order valence-corrected chi connectivity index (χ2v) is 2.96. The van der Waals surface area contributed by atoms with E-state index in [2.05, 4.69) is 0 Å². The average Bonchev–Trinajstić information content (AvgIpc) is 2.15. The number of alkyl halides is 2. The second-order valence-electron chi connectivity index (χ2n) is 2.39. The van der Waals surface area contributed by atoms with E-state index in [0.717, 1.165) is 11.1 Å². The van der Waals surface area contributed by atoms with Crippen LogP contribution in [0.3, 0.4) is 0 Å². The predicted octanol–water partition coefficient (Wildman–Crippen LogP) is 3.68. The third-order valence-electron chi connectivity index (χ3n) is 1.59. The number of rotatable bonds is 3. The van der Waals surface area contributed by atoms with Crippen molar-refractivity contribution in [3.63, 3.8) is 0 Å². The first-order valence-electron chi connectivity index (χ1n) is 3.75. The molecule has 0 amide bonds. The molecular formula is C10H10Cl2. The first kappa shape index (κ1) is 9.63. The molecule has 0 N–H and O–H groups in total. The molecule has 0 saturated heterocycles. The molecule has 1 rings (SSSR count). The summed E-state index contributed by atoms with van der Waals surface area (Å²) in [5.41, 5.74) is 2.29. The molecule has 0 aliphatic carbocycles. The molecule has 0 unspecified atom stereocenters. The highest BCUT2D eigenvalue weighted by atomic mass is 35.5. The molecule has 0 spiro atoms. The van der Waals surface area contributed by atoms with Gasteiger partial charge in [-0.05, 0) is 11.1 Å². The van der Waals surface area contributed by atoms with Gasteiger partial charge in [0.25, 0.3) is 0 Å². The van der Waals surface area contributed by atoms with E-state index in [9.17, 15) is 0 Å². The fourth-order valence-corrected chi connectivity index (χ4v) is 1.32. The summed E-state index contributed by atoms with van der Waals surface area (Å²) in [4.78, 5) is 0. The summed E-state index contributed by atoms with van der Waals surface area (Å²) in [5.74, 6) is 1.08. The number of hydrogen-bond donors (Lipinski definition) is 0. The molecule has 0 aliphatic rings. The van der Waals surface area contributed by atoms with Gasteiger partial charge in [0.05, 0.1) is 0 Å². The molecule has 0 aromatic heterocycles. The summed E-state index contributed by atoms with van der Waals surface area (Å²) in [6.07, 6.45) is 3.90. The highest BCUT2D eigenvalue weighted by molar-refractivity contribution is 6.19. The summed E-state index contributed by atoms with van der Waals surface area (Å²) < 4.78 is 0. The van der Waals surface area contributed by atoms with Crippen molar-refractivity contribution in [2.24, 2.45) is 0 Å². The average molecular weight is 201 g/mol. The summed E-state index contributed by atoms with van der Waals surface area (Å²) in [5, 5.41) is 0. The van der Waals surface area contributed by atoms with E-state index in [0.29, 0.717) is 11.8 Å². The number of benzene rings is 1. The van der Waals surface area contributed by atoms with Crippen LogP contribution in [0, 0.1) is 0 Å². The summed E-state index contributed by atoms with van der Waals surface area (Å²) in [6.45, 7) is 0. The van der Waals surface area contributed by atoms with Gasteiger partial charge in [0.1, 0.15) is 0 Å². The second kappa shape index (κ2) is 5.23. The van der Waals surface area contributed by atoms with Gasteiger partial charge in [-0.1, -0.05) is 36.4 Å². The van der Waals surface area contributed by atoms with Crippen LogP contribution in [0.2, 0.25) is 0 Å². The fourth-order valence-electron chi connectivity index (χ4n) is 0.990. The lowest BCUT2D eigenvalue weighted by Crippen LogP contribution is -1.82. The van der Waals surface area contributed by atoms with Gasteiger partial charge in [-0.25, -0.2) is 0 Å². The molecule has 64 valence electrons. The maximum atomic E-state index is 5.74. The van der Waals surface area contributed by atoms with Gasteiger partial charge in [-0.3, -0.25) is 0 Å². The SMILES string of the molecule is ClCC=Cc1ccccc1CCl. The summed E-state index contributed by atoms with van der Waals surface area (Å²) in [6, 6.07) is 8.02.